The number of rotatable bonds is 0. The van der Waals surface area contributed by atoms with E-state index in [9.17, 15) is 4.79 Å². The number of para-hydroxylation sites is 2. The number of fused-ring (bicyclic) bond motifs is 2. The number of carbonyl (C=O) groups excluding carboxylic acids is 1. The molecule has 21 heavy (non-hydrogen) atoms. The van der Waals surface area contributed by atoms with Gasteiger partial charge in [-0.25, -0.2) is 0 Å². The Morgan fingerprint density at radius 2 is 1.38 bits per heavy atom. The predicted octanol–water partition coefficient (Wildman–Crippen LogP) is 0.126. The molecule has 106 valence electrons. The van der Waals surface area contributed by atoms with E-state index in [0.29, 0.717) is 0 Å². The standard InChI is InChI=1S/C16H14N2OSe2/c1-17-11-7-3-5-9-13(11)20-16(15(17)19)18(2)12-8-4-6-10-14(12)21-16/h3-10H,1-2H3/t16-/m0/s1. The van der Waals surface area contributed by atoms with Gasteiger partial charge in [0.1, 0.15) is 0 Å². The first-order valence-corrected chi connectivity index (χ1v) is 10.1. The summed E-state index contributed by atoms with van der Waals surface area (Å²) in [5.74, 6) is 0.250. The van der Waals surface area contributed by atoms with Crippen LogP contribution < -0.4 is 18.7 Å². The minimum atomic E-state index is -0.340. The Morgan fingerprint density at radius 3 is 2.00 bits per heavy atom. The topological polar surface area (TPSA) is 23.6 Å². The van der Waals surface area contributed by atoms with Crippen LogP contribution in [0.4, 0.5) is 11.4 Å². The molecule has 0 unspecified atom stereocenters. The van der Waals surface area contributed by atoms with Gasteiger partial charge in [0.15, 0.2) is 0 Å². The maximum atomic E-state index is 13.1. The molecule has 0 aliphatic carbocycles. The molecule has 2 aromatic rings. The Kier molecular flexibility index (Phi) is 2.95. The predicted molar refractivity (Wildman–Crippen MR) is 88.2 cm³/mol. The molecule has 5 heteroatoms. The van der Waals surface area contributed by atoms with Crippen molar-refractivity contribution in [3.05, 3.63) is 48.5 Å². The average molecular weight is 408 g/mol. The van der Waals surface area contributed by atoms with E-state index in [1.165, 1.54) is 14.6 Å². The molecular formula is C16H14N2OSe2. The van der Waals surface area contributed by atoms with Gasteiger partial charge in [0.2, 0.25) is 0 Å². The summed E-state index contributed by atoms with van der Waals surface area (Å²) in [6.45, 7) is 0. The fourth-order valence-corrected chi connectivity index (χ4v) is 10.4. The van der Waals surface area contributed by atoms with Crippen molar-refractivity contribution in [2.24, 2.45) is 0 Å². The SMILES string of the molecule is CN1C(=O)[C@]2([Se]c3ccccc31)[Se]c1ccccc1N2C. The molecule has 0 N–H and O–H groups in total. The molecule has 2 aliphatic rings. The first-order valence-electron chi connectivity index (χ1n) is 6.71. The fourth-order valence-electron chi connectivity index (χ4n) is 2.81. The second kappa shape index (κ2) is 4.62. The summed E-state index contributed by atoms with van der Waals surface area (Å²) in [6.07, 6.45) is 0. The fraction of sp³-hybridized carbons (Fsp3) is 0.188. The Morgan fingerprint density at radius 1 is 0.857 bits per heavy atom. The summed E-state index contributed by atoms with van der Waals surface area (Å²) >= 11 is 0.276. The number of nitrogens with zero attached hydrogens (tertiary/aromatic N) is 2. The molecule has 0 saturated heterocycles. The number of anilines is 2. The summed E-state index contributed by atoms with van der Waals surface area (Å²) in [7, 11) is 3.99. The zero-order chi connectivity index (χ0) is 14.6. The number of likely N-dealkylation sites (N-methyl/N-ethyl adjacent to an activating group) is 2. The van der Waals surface area contributed by atoms with Gasteiger partial charge >= 0.3 is 137 Å². The van der Waals surface area contributed by atoms with Crippen LogP contribution in [-0.4, -0.2) is 53.3 Å². The molecular weight excluding hydrogens is 394 g/mol. The molecule has 1 amide bonds. The molecule has 0 radical (unpaired) electrons. The second-order valence-electron chi connectivity index (χ2n) is 5.14. The van der Waals surface area contributed by atoms with E-state index in [-0.39, 0.29) is 39.2 Å². The van der Waals surface area contributed by atoms with E-state index >= 15 is 0 Å². The Hall–Kier alpha value is -1.25. The van der Waals surface area contributed by atoms with E-state index in [1.807, 2.05) is 18.0 Å². The van der Waals surface area contributed by atoms with Crippen molar-refractivity contribution < 1.29 is 4.79 Å². The van der Waals surface area contributed by atoms with Gasteiger partial charge in [0.05, 0.1) is 0 Å². The van der Waals surface area contributed by atoms with Gasteiger partial charge in [-0.1, -0.05) is 0 Å². The van der Waals surface area contributed by atoms with Crippen LogP contribution in [0.25, 0.3) is 0 Å². The summed E-state index contributed by atoms with van der Waals surface area (Å²) < 4.78 is 2.33. The Balaban J connectivity index is 1.86. The quantitative estimate of drug-likeness (QED) is 0.579. The van der Waals surface area contributed by atoms with Gasteiger partial charge in [0, 0.05) is 0 Å². The van der Waals surface area contributed by atoms with Crippen LogP contribution in [0.2, 0.25) is 0 Å². The summed E-state index contributed by atoms with van der Waals surface area (Å²) in [4.78, 5) is 17.2. The van der Waals surface area contributed by atoms with Gasteiger partial charge in [-0.05, 0) is 0 Å². The first kappa shape index (κ1) is 13.4. The number of hydrogen-bond donors (Lipinski definition) is 0. The summed E-state index contributed by atoms with van der Waals surface area (Å²) in [5.41, 5.74) is 2.30. The molecule has 3 nitrogen and oxygen atoms in total. The third-order valence-electron chi connectivity index (χ3n) is 3.97. The van der Waals surface area contributed by atoms with Crippen LogP contribution in [0, 0.1) is 0 Å². The third-order valence-corrected chi connectivity index (χ3v) is 11.2. The van der Waals surface area contributed by atoms with Crippen molar-refractivity contribution in [3.8, 4) is 0 Å². The zero-order valence-corrected chi connectivity index (χ0v) is 15.2. The summed E-state index contributed by atoms with van der Waals surface area (Å²) in [6, 6.07) is 16.7. The normalized spacial score (nSPS) is 23.4. The van der Waals surface area contributed by atoms with E-state index in [1.54, 1.807) is 0 Å². The molecule has 1 spiro atoms. The molecule has 1 atom stereocenters. The zero-order valence-electron chi connectivity index (χ0n) is 11.7. The molecule has 2 aliphatic heterocycles. The second-order valence-corrected chi connectivity index (χ2v) is 11.6. The number of carbonyl (C=O) groups is 1. The van der Waals surface area contributed by atoms with Crippen molar-refractivity contribution in [3.63, 3.8) is 0 Å². The first-order chi connectivity index (χ1) is 10.1. The van der Waals surface area contributed by atoms with Crippen molar-refractivity contribution in [1.29, 1.82) is 0 Å². The van der Waals surface area contributed by atoms with Crippen LogP contribution >= 0.6 is 0 Å². The Labute approximate surface area is 136 Å². The number of amides is 1. The Bertz CT molecular complexity index is 749. The van der Waals surface area contributed by atoms with Crippen LogP contribution in [0.15, 0.2) is 48.5 Å². The van der Waals surface area contributed by atoms with Crippen LogP contribution in [-0.2, 0) is 4.79 Å². The summed E-state index contributed by atoms with van der Waals surface area (Å²) in [5, 5.41) is 0. The van der Waals surface area contributed by atoms with Crippen molar-refractivity contribution in [1.82, 2.24) is 0 Å². The molecule has 0 bridgehead atoms. The van der Waals surface area contributed by atoms with Crippen LogP contribution in [0.1, 0.15) is 0 Å². The van der Waals surface area contributed by atoms with Gasteiger partial charge in [-0.15, -0.1) is 0 Å². The molecule has 2 aromatic carbocycles. The van der Waals surface area contributed by atoms with Crippen molar-refractivity contribution in [2.45, 2.75) is 3.34 Å². The van der Waals surface area contributed by atoms with Gasteiger partial charge < -0.3 is 0 Å². The van der Waals surface area contributed by atoms with E-state index < -0.39 is 0 Å². The monoisotopic (exact) mass is 410 g/mol. The van der Waals surface area contributed by atoms with Crippen molar-refractivity contribution in [2.75, 3.05) is 23.9 Å². The average Bonchev–Trinajstić information content (AvgIpc) is 2.79. The maximum absolute atomic E-state index is 13.1. The van der Waals surface area contributed by atoms with Gasteiger partial charge in [-0.2, -0.15) is 0 Å². The number of hydrogen-bond acceptors (Lipinski definition) is 2. The molecule has 2 heterocycles. The minimum absolute atomic E-state index is 0.126. The third kappa shape index (κ3) is 1.75. The molecule has 0 fully saturated rings. The molecule has 0 saturated carbocycles. The molecule has 4 rings (SSSR count). The van der Waals surface area contributed by atoms with E-state index in [4.69, 9.17) is 0 Å². The van der Waals surface area contributed by atoms with Crippen LogP contribution in [0.5, 0.6) is 0 Å². The molecule has 0 aromatic heterocycles. The van der Waals surface area contributed by atoms with E-state index in [2.05, 4.69) is 54.4 Å². The van der Waals surface area contributed by atoms with Gasteiger partial charge in [0.25, 0.3) is 0 Å². The number of benzene rings is 2. The van der Waals surface area contributed by atoms with Crippen molar-refractivity contribution >= 4 is 56.1 Å². The van der Waals surface area contributed by atoms with Crippen LogP contribution in [0.3, 0.4) is 0 Å². The van der Waals surface area contributed by atoms with E-state index in [0.717, 1.165) is 5.69 Å². The van der Waals surface area contributed by atoms with Gasteiger partial charge in [-0.3, -0.25) is 0 Å².